The van der Waals surface area contributed by atoms with Gasteiger partial charge in [-0.3, -0.25) is 0 Å². The molecule has 2 N–H and O–H groups in total. The maximum absolute atomic E-state index is 5.80. The summed E-state index contributed by atoms with van der Waals surface area (Å²) < 4.78 is 0. The minimum absolute atomic E-state index is 0.871. The Labute approximate surface area is 118 Å². The summed E-state index contributed by atoms with van der Waals surface area (Å²) in [5.41, 5.74) is 8.02. The second-order valence-electron chi connectivity index (χ2n) is 5.49. The summed E-state index contributed by atoms with van der Waals surface area (Å²) in [6.45, 7) is 6.93. The van der Waals surface area contributed by atoms with Crippen molar-refractivity contribution >= 4 is 5.69 Å². The summed E-state index contributed by atoms with van der Waals surface area (Å²) in [6.07, 6.45) is 3.55. The lowest BCUT2D eigenvalue weighted by Crippen LogP contribution is -2.33. The van der Waals surface area contributed by atoms with Crippen LogP contribution in [0.15, 0.2) is 24.3 Å². The summed E-state index contributed by atoms with van der Waals surface area (Å²) >= 11 is 0. The van der Waals surface area contributed by atoms with E-state index in [2.05, 4.69) is 43.0 Å². The first-order valence-corrected chi connectivity index (χ1v) is 7.33. The van der Waals surface area contributed by atoms with Crippen LogP contribution < -0.4 is 5.73 Å². The van der Waals surface area contributed by atoms with E-state index in [0.29, 0.717) is 0 Å². The normalized spacial score (nSPS) is 11.4. The number of benzene rings is 1. The number of aryl methyl sites for hydroxylation is 1. The van der Waals surface area contributed by atoms with Crippen molar-refractivity contribution in [2.24, 2.45) is 0 Å². The number of likely N-dealkylation sites (N-methyl/N-ethyl adjacent to an activating group) is 1. The number of rotatable bonds is 9. The molecule has 0 fully saturated rings. The molecule has 0 amide bonds. The number of anilines is 1. The molecule has 0 atom stereocenters. The molecule has 3 heteroatoms. The first kappa shape index (κ1) is 16.0. The molecule has 1 aromatic rings. The number of nitrogens with two attached hydrogens (primary N) is 1. The third kappa shape index (κ3) is 7.19. The number of hydrogen-bond donors (Lipinski definition) is 1. The summed E-state index contributed by atoms with van der Waals surface area (Å²) in [5, 5.41) is 0. The van der Waals surface area contributed by atoms with Crippen LogP contribution in [-0.4, -0.2) is 50.1 Å². The Bertz CT molecular complexity index is 350. The highest BCUT2D eigenvalue weighted by Crippen LogP contribution is 2.09. The molecule has 1 aromatic carbocycles. The van der Waals surface area contributed by atoms with Crippen molar-refractivity contribution in [1.82, 2.24) is 9.80 Å². The van der Waals surface area contributed by atoms with Gasteiger partial charge < -0.3 is 15.5 Å². The van der Waals surface area contributed by atoms with Crippen molar-refractivity contribution in [1.29, 1.82) is 0 Å². The lowest BCUT2D eigenvalue weighted by molar-refractivity contribution is 0.239. The van der Waals surface area contributed by atoms with Crippen LogP contribution in [-0.2, 0) is 6.42 Å². The van der Waals surface area contributed by atoms with Gasteiger partial charge in [0.15, 0.2) is 0 Å². The zero-order chi connectivity index (χ0) is 14.1. The average Bonchev–Trinajstić information content (AvgIpc) is 2.36. The van der Waals surface area contributed by atoms with Crippen molar-refractivity contribution in [2.75, 3.05) is 46.0 Å². The van der Waals surface area contributed by atoms with Crippen molar-refractivity contribution in [3.8, 4) is 0 Å². The van der Waals surface area contributed by atoms with E-state index < -0.39 is 0 Å². The van der Waals surface area contributed by atoms with E-state index in [1.165, 1.54) is 31.5 Å². The maximum atomic E-state index is 5.80. The molecule has 0 heterocycles. The molecule has 0 aliphatic carbocycles. The standard InChI is InChI=1S/C16H29N3/c1-4-10-19(13-12-18(2)3)11-6-8-15-7-5-9-16(17)14-15/h5,7,9,14H,4,6,8,10-13,17H2,1-3H3. The lowest BCUT2D eigenvalue weighted by atomic mass is 10.1. The third-order valence-electron chi connectivity index (χ3n) is 3.29. The van der Waals surface area contributed by atoms with Crippen LogP contribution in [0.5, 0.6) is 0 Å². The zero-order valence-electron chi connectivity index (χ0n) is 12.7. The first-order valence-electron chi connectivity index (χ1n) is 7.33. The highest BCUT2D eigenvalue weighted by molar-refractivity contribution is 5.40. The predicted molar refractivity (Wildman–Crippen MR) is 84.5 cm³/mol. The summed E-state index contributed by atoms with van der Waals surface area (Å²) in [4.78, 5) is 4.81. The predicted octanol–water partition coefficient (Wildman–Crippen LogP) is 2.48. The molecule has 1 rings (SSSR count). The van der Waals surface area contributed by atoms with Crippen molar-refractivity contribution in [2.45, 2.75) is 26.2 Å². The van der Waals surface area contributed by atoms with E-state index >= 15 is 0 Å². The monoisotopic (exact) mass is 263 g/mol. The molecule has 0 bridgehead atoms. The number of nitrogen functional groups attached to an aromatic ring is 1. The van der Waals surface area contributed by atoms with Crippen LogP contribution in [0.1, 0.15) is 25.3 Å². The van der Waals surface area contributed by atoms with Crippen LogP contribution in [0.4, 0.5) is 5.69 Å². The maximum Gasteiger partial charge on any atom is 0.0316 e. The molecule has 0 aliphatic heterocycles. The molecular formula is C16H29N3. The van der Waals surface area contributed by atoms with Gasteiger partial charge in [0.25, 0.3) is 0 Å². The lowest BCUT2D eigenvalue weighted by Gasteiger charge is -2.23. The second kappa shape index (κ2) is 8.94. The molecule has 0 saturated carbocycles. The van der Waals surface area contributed by atoms with Crippen molar-refractivity contribution in [3.05, 3.63) is 29.8 Å². The number of nitrogens with zero attached hydrogens (tertiary/aromatic N) is 2. The van der Waals surface area contributed by atoms with Crippen LogP contribution in [0.2, 0.25) is 0 Å². The van der Waals surface area contributed by atoms with Gasteiger partial charge >= 0.3 is 0 Å². The first-order chi connectivity index (χ1) is 9.11. The van der Waals surface area contributed by atoms with Gasteiger partial charge in [-0.25, -0.2) is 0 Å². The molecule has 3 nitrogen and oxygen atoms in total. The third-order valence-corrected chi connectivity index (χ3v) is 3.29. The molecule has 108 valence electrons. The fourth-order valence-electron chi connectivity index (χ4n) is 2.25. The topological polar surface area (TPSA) is 32.5 Å². The second-order valence-corrected chi connectivity index (χ2v) is 5.49. The van der Waals surface area contributed by atoms with E-state index in [-0.39, 0.29) is 0 Å². The Morgan fingerprint density at radius 3 is 2.47 bits per heavy atom. The fraction of sp³-hybridized carbons (Fsp3) is 0.625. The molecule has 0 unspecified atom stereocenters. The van der Waals surface area contributed by atoms with E-state index in [1.807, 2.05) is 12.1 Å². The van der Waals surface area contributed by atoms with E-state index in [0.717, 1.165) is 25.2 Å². The summed E-state index contributed by atoms with van der Waals surface area (Å²) in [7, 11) is 4.27. The largest absolute Gasteiger partial charge is 0.399 e. The molecule has 0 aromatic heterocycles. The van der Waals surface area contributed by atoms with Crippen LogP contribution in [0.25, 0.3) is 0 Å². The summed E-state index contributed by atoms with van der Waals surface area (Å²) in [6, 6.07) is 8.24. The summed E-state index contributed by atoms with van der Waals surface area (Å²) in [5.74, 6) is 0. The highest BCUT2D eigenvalue weighted by atomic mass is 15.2. The van der Waals surface area contributed by atoms with Crippen LogP contribution in [0, 0.1) is 0 Å². The fourth-order valence-corrected chi connectivity index (χ4v) is 2.25. The SMILES string of the molecule is CCCN(CCCc1cccc(N)c1)CCN(C)C. The van der Waals surface area contributed by atoms with Crippen molar-refractivity contribution < 1.29 is 0 Å². The van der Waals surface area contributed by atoms with E-state index in [4.69, 9.17) is 5.73 Å². The van der Waals surface area contributed by atoms with Crippen molar-refractivity contribution in [3.63, 3.8) is 0 Å². The van der Waals surface area contributed by atoms with E-state index in [9.17, 15) is 0 Å². The smallest absolute Gasteiger partial charge is 0.0316 e. The Hall–Kier alpha value is -1.06. The van der Waals surface area contributed by atoms with E-state index in [1.54, 1.807) is 0 Å². The minimum Gasteiger partial charge on any atom is -0.399 e. The van der Waals surface area contributed by atoms with Crippen LogP contribution >= 0.6 is 0 Å². The molecule has 0 aliphatic rings. The molecule has 0 spiro atoms. The Morgan fingerprint density at radius 2 is 1.84 bits per heavy atom. The number of hydrogen-bond acceptors (Lipinski definition) is 3. The van der Waals surface area contributed by atoms with Gasteiger partial charge in [0.2, 0.25) is 0 Å². The van der Waals surface area contributed by atoms with Crippen LogP contribution in [0.3, 0.4) is 0 Å². The van der Waals surface area contributed by atoms with Gasteiger partial charge in [-0.2, -0.15) is 0 Å². The highest BCUT2D eigenvalue weighted by Gasteiger charge is 2.04. The minimum atomic E-state index is 0.871. The molecule has 0 radical (unpaired) electrons. The van der Waals surface area contributed by atoms with Gasteiger partial charge in [0.05, 0.1) is 0 Å². The van der Waals surface area contributed by atoms with Gasteiger partial charge in [-0.15, -0.1) is 0 Å². The van der Waals surface area contributed by atoms with Gasteiger partial charge in [-0.05, 0) is 64.1 Å². The Balaban J connectivity index is 2.31. The van der Waals surface area contributed by atoms with Gasteiger partial charge in [-0.1, -0.05) is 19.1 Å². The molecule has 19 heavy (non-hydrogen) atoms. The molecular weight excluding hydrogens is 234 g/mol. The quantitative estimate of drug-likeness (QED) is 0.695. The Kier molecular flexibility index (Phi) is 7.53. The van der Waals surface area contributed by atoms with Gasteiger partial charge in [0.1, 0.15) is 0 Å². The van der Waals surface area contributed by atoms with Gasteiger partial charge in [0, 0.05) is 18.8 Å². The Morgan fingerprint density at radius 1 is 1.05 bits per heavy atom. The molecule has 0 saturated heterocycles. The average molecular weight is 263 g/mol. The zero-order valence-corrected chi connectivity index (χ0v) is 12.7.